The lowest BCUT2D eigenvalue weighted by Gasteiger charge is -2.31. The largest absolute Gasteiger partial charge is 0.460 e. The van der Waals surface area contributed by atoms with E-state index in [0.29, 0.717) is 226 Å². The number of nitrogens with one attached hydrogen (secondary N) is 3. The average molecular weight is 1430 g/mol. The number of likely N-dealkylation sites (N-methyl/N-ethyl adjacent to an activating group) is 1. The summed E-state index contributed by atoms with van der Waals surface area (Å²) in [5.74, 6) is -3.13. The number of allylic oxidation sites excluding steroid dienone is 5. The minimum absolute atomic E-state index is 0.0474. The predicted molar refractivity (Wildman–Crippen MR) is 377 cm³/mol. The molecule has 29 heteroatoms. The first-order valence-electron chi connectivity index (χ1n) is 35.4. The number of amides is 6. The van der Waals surface area contributed by atoms with Gasteiger partial charge in [0.15, 0.2) is 0 Å². The summed E-state index contributed by atoms with van der Waals surface area (Å²) in [5.41, 5.74) is 9.79. The third-order valence-electron chi connectivity index (χ3n) is 18.1. The van der Waals surface area contributed by atoms with Crippen molar-refractivity contribution in [3.63, 3.8) is 0 Å². The number of aromatic amines is 2. The predicted octanol–water partition coefficient (Wildman–Crippen LogP) is 5.01. The van der Waals surface area contributed by atoms with Gasteiger partial charge < -0.3 is 81.8 Å². The highest BCUT2D eigenvalue weighted by molar-refractivity contribution is 6.23. The Hall–Kier alpha value is -7.49. The minimum atomic E-state index is -0.553. The molecule has 0 aromatic carbocycles. The van der Waals surface area contributed by atoms with Gasteiger partial charge in [0, 0.05) is 119 Å². The number of nitrogens with zero attached hydrogens (tertiary/aromatic N) is 6. The minimum Gasteiger partial charge on any atom is -0.460 e. The number of carbonyl (C=O) groups excluding carboxylic acids is 7. The summed E-state index contributed by atoms with van der Waals surface area (Å²) in [4.78, 5) is 117. The van der Waals surface area contributed by atoms with Crippen LogP contribution in [0.25, 0.3) is 33.3 Å². The molecular weight excluding hydrogens is 1320 g/mol. The van der Waals surface area contributed by atoms with Gasteiger partial charge in [-0.2, -0.15) is 0 Å². The first-order valence-corrected chi connectivity index (χ1v) is 35.4. The number of aromatic nitrogens is 4. The van der Waals surface area contributed by atoms with Gasteiger partial charge in [-0.05, 0) is 80.2 Å². The second-order valence-corrected chi connectivity index (χ2v) is 24.8. The standard InChI is InChI=1S/C73H103N9O20/c1-8-54-50(2)58-48-62-55(10-14-67(87)102-46-45-101-44-33-94-28-27-90-7)51(3)57(76-62)47-59-52(4)56(70(77-59)69-71-68(53(5)60(78-71)49-61(54)75-58)72(88)82(73(69)89)19-18-80-20-24-92-25-21-80)9-11-64(84)79(6)17-16-74-63(83)15-23-91-29-31-95-34-36-97-38-40-99-42-43-100-41-39-98-37-35-96-32-30-93-26-22-81-65(85)12-13-66(81)86/h10,12-14,47-49,52,56,77-78H,8-9,11,15-46H2,1-7H3,(H,74,83)/b14-10+,59-47?,61-49?,62-48?,70-69?/t52-,56-/m0/s1. The number of esters is 1. The molecule has 8 rings (SSSR count). The number of hydrogen-bond acceptors (Lipinski definition) is 23. The van der Waals surface area contributed by atoms with Crippen molar-refractivity contribution in [3.05, 3.63) is 93.4 Å². The number of carbonyl (C=O) groups is 7. The molecule has 1 fully saturated rings. The Morgan fingerprint density at radius 2 is 1.16 bits per heavy atom. The van der Waals surface area contributed by atoms with E-state index in [-0.39, 0.29) is 101 Å². The van der Waals surface area contributed by atoms with Crippen LogP contribution in [-0.4, -0.2) is 299 Å². The van der Waals surface area contributed by atoms with Crippen molar-refractivity contribution in [1.29, 1.82) is 0 Å². The zero-order chi connectivity index (χ0) is 72.6. The third kappa shape index (κ3) is 23.8. The normalized spacial score (nSPS) is 16.6. The van der Waals surface area contributed by atoms with E-state index in [0.717, 1.165) is 27.3 Å². The van der Waals surface area contributed by atoms with Crippen LogP contribution in [0.1, 0.15) is 126 Å². The molecule has 560 valence electrons. The van der Waals surface area contributed by atoms with Crippen molar-refractivity contribution in [3.8, 4) is 0 Å². The second kappa shape index (κ2) is 42.9. The number of morpholine rings is 1. The number of methoxy groups -OCH3 is 1. The first kappa shape index (κ1) is 80.2. The van der Waals surface area contributed by atoms with Gasteiger partial charge in [-0.1, -0.05) is 13.8 Å². The average Bonchev–Trinajstić information content (AvgIpc) is 1.54. The van der Waals surface area contributed by atoms with Crippen LogP contribution in [-0.2, 0) is 85.6 Å². The van der Waals surface area contributed by atoms with Crippen molar-refractivity contribution in [2.24, 2.45) is 0 Å². The molecule has 1 saturated heterocycles. The van der Waals surface area contributed by atoms with E-state index in [4.69, 9.17) is 71.5 Å². The van der Waals surface area contributed by atoms with Crippen LogP contribution < -0.4 is 5.32 Å². The molecule has 0 radical (unpaired) electrons. The van der Waals surface area contributed by atoms with Crippen molar-refractivity contribution >= 4 is 74.7 Å². The van der Waals surface area contributed by atoms with E-state index in [1.165, 1.54) is 23.1 Å². The zero-order valence-electron chi connectivity index (χ0n) is 60.3. The maximum Gasteiger partial charge on any atom is 0.330 e. The molecule has 0 aliphatic carbocycles. The van der Waals surface area contributed by atoms with Crippen molar-refractivity contribution in [1.82, 2.24) is 44.9 Å². The highest BCUT2D eigenvalue weighted by Gasteiger charge is 2.41. The molecule has 2 aromatic heterocycles. The molecule has 3 N–H and O–H groups in total. The van der Waals surface area contributed by atoms with E-state index in [1.54, 1.807) is 25.1 Å². The van der Waals surface area contributed by atoms with E-state index in [2.05, 4.69) is 34.0 Å². The number of fused-ring (bicyclic) bond motifs is 8. The molecule has 0 spiro atoms. The van der Waals surface area contributed by atoms with E-state index in [9.17, 15) is 28.8 Å². The smallest absolute Gasteiger partial charge is 0.330 e. The molecule has 2 atom stereocenters. The van der Waals surface area contributed by atoms with Crippen LogP contribution in [0, 0.1) is 6.92 Å². The summed E-state index contributed by atoms with van der Waals surface area (Å²) in [5, 5.41) is 2.89. The quantitative estimate of drug-likeness (QED) is 0.0339. The van der Waals surface area contributed by atoms with Gasteiger partial charge in [-0.3, -0.25) is 43.5 Å². The zero-order valence-corrected chi connectivity index (χ0v) is 60.3. The van der Waals surface area contributed by atoms with Crippen molar-refractivity contribution < 1.29 is 95.1 Å². The summed E-state index contributed by atoms with van der Waals surface area (Å²) in [7, 11) is 3.31. The molecule has 8 bridgehead atoms. The Kier molecular flexibility index (Phi) is 33.8. The third-order valence-corrected chi connectivity index (χ3v) is 18.1. The molecule has 6 amide bonds. The second-order valence-electron chi connectivity index (χ2n) is 24.8. The molecule has 6 aliphatic heterocycles. The lowest BCUT2D eigenvalue weighted by molar-refractivity contribution is -0.140. The summed E-state index contributed by atoms with van der Waals surface area (Å²) >= 11 is 0. The Morgan fingerprint density at radius 3 is 1.75 bits per heavy atom. The summed E-state index contributed by atoms with van der Waals surface area (Å²) < 4.78 is 71.4. The van der Waals surface area contributed by atoms with Gasteiger partial charge in [0.2, 0.25) is 11.8 Å². The van der Waals surface area contributed by atoms with Crippen LogP contribution in [0.3, 0.4) is 0 Å². The van der Waals surface area contributed by atoms with Crippen molar-refractivity contribution in [2.75, 3.05) is 219 Å². The van der Waals surface area contributed by atoms with Gasteiger partial charge in [-0.25, -0.2) is 14.8 Å². The van der Waals surface area contributed by atoms with Gasteiger partial charge in [0.25, 0.3) is 23.6 Å². The van der Waals surface area contributed by atoms with Gasteiger partial charge in [0.05, 0.1) is 198 Å². The van der Waals surface area contributed by atoms with E-state index >= 15 is 4.79 Å². The first-order chi connectivity index (χ1) is 49.6. The van der Waals surface area contributed by atoms with Crippen LogP contribution in [0.4, 0.5) is 0 Å². The fourth-order valence-corrected chi connectivity index (χ4v) is 12.2. The van der Waals surface area contributed by atoms with E-state index < -0.39 is 17.8 Å². The number of aryl methyl sites for hydroxylation is 1. The molecule has 29 nitrogen and oxygen atoms in total. The Labute approximate surface area is 596 Å². The lowest BCUT2D eigenvalue weighted by Crippen LogP contribution is -2.47. The highest BCUT2D eigenvalue weighted by atomic mass is 16.6. The molecular formula is C73H103N9O20. The molecule has 0 saturated carbocycles. The monoisotopic (exact) mass is 1430 g/mol. The molecule has 6 aliphatic rings. The number of H-pyrrole nitrogens is 2. The molecule has 2 aromatic rings. The van der Waals surface area contributed by atoms with Gasteiger partial charge >= 0.3 is 5.97 Å². The van der Waals surface area contributed by atoms with Crippen LogP contribution >= 0.6 is 0 Å². The highest BCUT2D eigenvalue weighted by Crippen LogP contribution is 2.45. The summed E-state index contributed by atoms with van der Waals surface area (Å²) in [6.45, 7) is 21.5. The number of rotatable bonds is 48. The fourth-order valence-electron chi connectivity index (χ4n) is 12.2. The summed E-state index contributed by atoms with van der Waals surface area (Å²) in [6.07, 6.45) is 6.79. The Bertz CT molecular complexity index is 3480. The topological polar surface area (TPSA) is 322 Å². The van der Waals surface area contributed by atoms with Crippen LogP contribution in [0.2, 0.25) is 0 Å². The van der Waals surface area contributed by atoms with E-state index in [1.807, 2.05) is 39.0 Å². The molecule has 8 heterocycles. The molecule has 0 unspecified atom stereocenters. The number of ether oxygens (including phenoxy) is 13. The van der Waals surface area contributed by atoms with Gasteiger partial charge in [0.1, 0.15) is 6.61 Å². The van der Waals surface area contributed by atoms with Crippen LogP contribution in [0.5, 0.6) is 0 Å². The fraction of sp³-hybridized carbons (Fsp3) is 0.603. The van der Waals surface area contributed by atoms with Crippen molar-refractivity contribution in [2.45, 2.75) is 72.1 Å². The molecule has 102 heavy (non-hydrogen) atoms. The Morgan fingerprint density at radius 1 is 0.618 bits per heavy atom. The van der Waals surface area contributed by atoms with Crippen LogP contribution in [0.15, 0.2) is 42.5 Å². The number of hydrogen-bond donors (Lipinski definition) is 3. The van der Waals surface area contributed by atoms with Gasteiger partial charge in [-0.15, -0.1) is 0 Å². The summed E-state index contributed by atoms with van der Waals surface area (Å²) in [6, 6.07) is 5.84. The lowest BCUT2D eigenvalue weighted by atomic mass is 9.84. The maximum absolute atomic E-state index is 15.4. The SMILES string of the molecule is CCC1=C(C)c2cc3nc(cc4[nH]c(c5c6[nH]c(cc1n2)c(C)c6C(=O)N(CCN1CCOCC1)C5=O)[C@@H](CCC(=O)N(C)CCNC(=O)CCOCCOCCOCCOCCOCCOCCOCCOCCN1C(=O)C=CC1=O)[C@@H]4C)C(C)=C3/C=C/C(=O)OCCOCCOCCOC. The number of imide groups is 2. The Balaban J connectivity index is 0.800. The maximum atomic E-state index is 15.4.